The molecular weight excluding hydrogens is 374 g/mol. The van der Waals surface area contributed by atoms with Crippen molar-refractivity contribution in [3.05, 3.63) is 76.6 Å². The summed E-state index contributed by atoms with van der Waals surface area (Å²) in [6.45, 7) is 0.424. The molecule has 9 heteroatoms. The summed E-state index contributed by atoms with van der Waals surface area (Å²) in [5.41, 5.74) is 1.48. The number of anilines is 1. The van der Waals surface area contributed by atoms with Gasteiger partial charge in [0.25, 0.3) is 11.6 Å². The number of benzene rings is 2. The Labute approximate surface area is 166 Å². The van der Waals surface area contributed by atoms with Gasteiger partial charge in [0.05, 0.1) is 35.0 Å². The van der Waals surface area contributed by atoms with E-state index in [-0.39, 0.29) is 11.6 Å². The van der Waals surface area contributed by atoms with E-state index in [1.54, 1.807) is 42.6 Å². The van der Waals surface area contributed by atoms with E-state index in [1.165, 1.54) is 23.0 Å². The molecule has 0 atom stereocenters. The lowest BCUT2D eigenvalue weighted by Crippen LogP contribution is -2.11. The van der Waals surface area contributed by atoms with Crippen LogP contribution in [-0.2, 0) is 0 Å². The highest BCUT2D eigenvalue weighted by Crippen LogP contribution is 2.19. The zero-order valence-electron chi connectivity index (χ0n) is 15.3. The van der Waals surface area contributed by atoms with Gasteiger partial charge in [0.2, 0.25) is 0 Å². The van der Waals surface area contributed by atoms with Gasteiger partial charge in [-0.1, -0.05) is 6.07 Å². The molecule has 0 aliphatic heterocycles. The Morgan fingerprint density at radius 2 is 2.07 bits per heavy atom. The average molecular weight is 391 g/mol. The first kappa shape index (κ1) is 19.6. The second-order valence-electron chi connectivity index (χ2n) is 6.04. The highest BCUT2D eigenvalue weighted by atomic mass is 16.6. The standard InChI is InChI=1S/C20H17N5O4/c21-10-1-2-11-29-19-5-3-4-16(12-19)23-20(26)15-13-22-24(14-15)17-6-8-18(9-7-17)25(27)28/h3-9,12-14H,1-2,11H2,(H,23,26). The average Bonchev–Trinajstić information content (AvgIpc) is 3.22. The maximum Gasteiger partial charge on any atom is 0.269 e. The maximum absolute atomic E-state index is 12.5. The van der Waals surface area contributed by atoms with Gasteiger partial charge in [0.15, 0.2) is 0 Å². The van der Waals surface area contributed by atoms with Crippen molar-refractivity contribution in [3.63, 3.8) is 0 Å². The summed E-state index contributed by atoms with van der Waals surface area (Å²) in [7, 11) is 0. The first-order valence-corrected chi connectivity index (χ1v) is 8.77. The van der Waals surface area contributed by atoms with Crippen molar-refractivity contribution in [2.75, 3.05) is 11.9 Å². The number of rotatable bonds is 8. The minimum atomic E-state index is -0.479. The Kier molecular flexibility index (Phi) is 6.17. The molecule has 3 aromatic rings. The second-order valence-corrected chi connectivity index (χ2v) is 6.04. The minimum absolute atomic E-state index is 0.0198. The number of carbonyl (C=O) groups excluding carboxylic acids is 1. The minimum Gasteiger partial charge on any atom is -0.493 e. The van der Waals surface area contributed by atoms with Crippen molar-refractivity contribution in [3.8, 4) is 17.5 Å². The third-order valence-corrected chi connectivity index (χ3v) is 3.96. The van der Waals surface area contributed by atoms with Crippen molar-refractivity contribution >= 4 is 17.3 Å². The van der Waals surface area contributed by atoms with Gasteiger partial charge in [-0.15, -0.1) is 0 Å². The monoisotopic (exact) mass is 391 g/mol. The molecule has 0 fully saturated rings. The van der Waals surface area contributed by atoms with Crippen LogP contribution in [0.1, 0.15) is 23.2 Å². The predicted octanol–water partition coefficient (Wildman–Crippen LogP) is 3.72. The van der Waals surface area contributed by atoms with E-state index in [0.29, 0.717) is 42.1 Å². The normalized spacial score (nSPS) is 10.2. The lowest BCUT2D eigenvalue weighted by molar-refractivity contribution is -0.384. The molecule has 146 valence electrons. The zero-order valence-corrected chi connectivity index (χ0v) is 15.3. The smallest absolute Gasteiger partial charge is 0.269 e. The van der Waals surface area contributed by atoms with E-state index in [0.717, 1.165) is 0 Å². The highest BCUT2D eigenvalue weighted by molar-refractivity contribution is 6.04. The number of carbonyl (C=O) groups is 1. The molecule has 3 rings (SSSR count). The summed E-state index contributed by atoms with van der Waals surface area (Å²) in [5.74, 6) is 0.252. The van der Waals surface area contributed by atoms with Gasteiger partial charge in [0.1, 0.15) is 5.75 Å². The predicted molar refractivity (Wildman–Crippen MR) is 105 cm³/mol. The number of nitro groups is 1. The van der Waals surface area contributed by atoms with Gasteiger partial charge in [-0.25, -0.2) is 4.68 Å². The van der Waals surface area contributed by atoms with Crippen LogP contribution in [0.5, 0.6) is 5.75 Å². The number of hydrogen-bond acceptors (Lipinski definition) is 6. The molecule has 0 saturated heterocycles. The molecule has 29 heavy (non-hydrogen) atoms. The molecule has 0 spiro atoms. The van der Waals surface area contributed by atoms with Gasteiger partial charge in [0, 0.05) is 36.5 Å². The van der Waals surface area contributed by atoms with Crippen LogP contribution in [0.2, 0.25) is 0 Å². The lowest BCUT2D eigenvalue weighted by atomic mass is 10.2. The van der Waals surface area contributed by atoms with Crippen LogP contribution in [0.25, 0.3) is 5.69 Å². The van der Waals surface area contributed by atoms with Crippen LogP contribution in [-0.4, -0.2) is 27.2 Å². The van der Waals surface area contributed by atoms with Crippen molar-refractivity contribution in [1.82, 2.24) is 9.78 Å². The summed E-state index contributed by atoms with van der Waals surface area (Å²) in [6.07, 6.45) is 4.02. The molecule has 1 aromatic heterocycles. The van der Waals surface area contributed by atoms with Crippen molar-refractivity contribution in [1.29, 1.82) is 5.26 Å². The van der Waals surface area contributed by atoms with Gasteiger partial charge in [-0.2, -0.15) is 10.4 Å². The lowest BCUT2D eigenvalue weighted by Gasteiger charge is -2.08. The maximum atomic E-state index is 12.5. The van der Waals surface area contributed by atoms with Crippen LogP contribution >= 0.6 is 0 Å². The molecule has 0 bridgehead atoms. The topological polar surface area (TPSA) is 123 Å². The van der Waals surface area contributed by atoms with Crippen molar-refractivity contribution < 1.29 is 14.5 Å². The molecule has 1 heterocycles. The largest absolute Gasteiger partial charge is 0.493 e. The quantitative estimate of drug-likeness (QED) is 0.355. The van der Waals surface area contributed by atoms with E-state index in [1.807, 2.05) is 0 Å². The van der Waals surface area contributed by atoms with E-state index in [9.17, 15) is 14.9 Å². The first-order chi connectivity index (χ1) is 14.1. The summed E-state index contributed by atoms with van der Waals surface area (Å²) in [6, 6.07) is 14.9. The molecule has 0 radical (unpaired) electrons. The van der Waals surface area contributed by atoms with Crippen LogP contribution in [0.4, 0.5) is 11.4 Å². The molecule has 9 nitrogen and oxygen atoms in total. The molecule has 1 amide bonds. The molecule has 0 aliphatic rings. The number of nitro benzene ring substituents is 1. The first-order valence-electron chi connectivity index (χ1n) is 8.77. The van der Waals surface area contributed by atoms with Crippen LogP contribution in [0.15, 0.2) is 60.9 Å². The summed E-state index contributed by atoms with van der Waals surface area (Å²) >= 11 is 0. The zero-order chi connectivity index (χ0) is 20.6. The van der Waals surface area contributed by atoms with Crippen molar-refractivity contribution in [2.45, 2.75) is 12.8 Å². The molecule has 2 aromatic carbocycles. The molecular formula is C20H17N5O4. The van der Waals surface area contributed by atoms with Crippen LogP contribution in [0, 0.1) is 21.4 Å². The van der Waals surface area contributed by atoms with Crippen molar-refractivity contribution in [2.24, 2.45) is 0 Å². The number of nitrogens with zero attached hydrogens (tertiary/aromatic N) is 4. The molecule has 0 unspecified atom stereocenters. The van der Waals surface area contributed by atoms with E-state index < -0.39 is 4.92 Å². The fraction of sp³-hybridized carbons (Fsp3) is 0.150. The van der Waals surface area contributed by atoms with Gasteiger partial charge >= 0.3 is 0 Å². The number of ether oxygens (including phenoxy) is 1. The van der Waals surface area contributed by atoms with E-state index >= 15 is 0 Å². The summed E-state index contributed by atoms with van der Waals surface area (Å²) in [5, 5.41) is 26.2. The number of hydrogen-bond donors (Lipinski definition) is 1. The fourth-order valence-electron chi connectivity index (χ4n) is 2.52. The third kappa shape index (κ3) is 5.17. The van der Waals surface area contributed by atoms with Crippen LogP contribution < -0.4 is 10.1 Å². The van der Waals surface area contributed by atoms with E-state index in [4.69, 9.17) is 10.00 Å². The number of nitriles is 1. The fourth-order valence-corrected chi connectivity index (χ4v) is 2.52. The SMILES string of the molecule is N#CCCCOc1cccc(NC(=O)c2cnn(-c3ccc([N+](=O)[O-])cc3)c2)c1. The van der Waals surface area contributed by atoms with E-state index in [2.05, 4.69) is 16.5 Å². The summed E-state index contributed by atoms with van der Waals surface area (Å²) < 4.78 is 7.02. The molecule has 1 N–H and O–H groups in total. The Bertz CT molecular complexity index is 1050. The number of amides is 1. The third-order valence-electron chi connectivity index (χ3n) is 3.96. The molecule has 0 aliphatic carbocycles. The van der Waals surface area contributed by atoms with Gasteiger partial charge in [-0.3, -0.25) is 14.9 Å². The number of unbranched alkanes of at least 4 members (excludes halogenated alkanes) is 1. The number of nitrogens with one attached hydrogen (secondary N) is 1. The second kappa shape index (κ2) is 9.14. The Hall–Kier alpha value is -4.19. The number of aromatic nitrogens is 2. The Morgan fingerprint density at radius 1 is 1.28 bits per heavy atom. The summed E-state index contributed by atoms with van der Waals surface area (Å²) in [4.78, 5) is 22.7. The van der Waals surface area contributed by atoms with Crippen LogP contribution in [0.3, 0.4) is 0 Å². The Balaban J connectivity index is 1.64. The van der Waals surface area contributed by atoms with Gasteiger partial charge < -0.3 is 10.1 Å². The Morgan fingerprint density at radius 3 is 2.79 bits per heavy atom. The number of non-ortho nitro benzene ring substituents is 1. The molecule has 0 saturated carbocycles. The highest BCUT2D eigenvalue weighted by Gasteiger charge is 2.11. The van der Waals surface area contributed by atoms with Gasteiger partial charge in [-0.05, 0) is 30.7 Å².